The maximum absolute atomic E-state index is 12.4. The maximum atomic E-state index is 12.4. The van der Waals surface area contributed by atoms with E-state index in [4.69, 9.17) is 12.2 Å². The Labute approximate surface area is 183 Å². The smallest absolute Gasteiger partial charge is 0.262 e. The van der Waals surface area contributed by atoms with Crippen LogP contribution in [-0.2, 0) is 4.79 Å². The normalized spacial score (nSPS) is 18.9. The molecule has 6 nitrogen and oxygen atoms in total. The minimum absolute atomic E-state index is 0.247. The van der Waals surface area contributed by atoms with Gasteiger partial charge in [0.05, 0.1) is 11.1 Å². The topological polar surface area (TPSA) is 78.5 Å². The molecule has 0 bridgehead atoms. The summed E-state index contributed by atoms with van der Waals surface area (Å²) in [5, 5.41) is 6.19. The van der Waals surface area contributed by atoms with Gasteiger partial charge in [-0.3, -0.25) is 19.3 Å². The summed E-state index contributed by atoms with van der Waals surface area (Å²) in [6.07, 6.45) is 13.4. The van der Waals surface area contributed by atoms with Crippen molar-refractivity contribution in [3.63, 3.8) is 0 Å². The van der Waals surface area contributed by atoms with Crippen LogP contribution < -0.4 is 10.6 Å². The Kier molecular flexibility index (Phi) is 8.37. The van der Waals surface area contributed by atoms with Crippen LogP contribution in [0, 0.1) is 0 Å². The summed E-state index contributed by atoms with van der Waals surface area (Å²) >= 11 is 5.34. The minimum Gasteiger partial charge on any atom is -0.360 e. The highest BCUT2D eigenvalue weighted by Crippen LogP contribution is 2.22. The van der Waals surface area contributed by atoms with Crippen LogP contribution in [-0.4, -0.2) is 40.3 Å². The van der Waals surface area contributed by atoms with E-state index in [-0.39, 0.29) is 17.7 Å². The second kappa shape index (κ2) is 11.2. The Hall–Kier alpha value is -2.28. The summed E-state index contributed by atoms with van der Waals surface area (Å²) < 4.78 is 0. The van der Waals surface area contributed by atoms with Crippen molar-refractivity contribution in [2.24, 2.45) is 0 Å². The van der Waals surface area contributed by atoms with Gasteiger partial charge in [-0.1, -0.05) is 69.9 Å². The first-order valence-corrected chi connectivity index (χ1v) is 11.5. The van der Waals surface area contributed by atoms with Crippen LogP contribution in [0.25, 0.3) is 0 Å². The van der Waals surface area contributed by atoms with Gasteiger partial charge in [-0.05, 0) is 37.2 Å². The van der Waals surface area contributed by atoms with Crippen molar-refractivity contribution < 1.29 is 14.4 Å². The molecule has 1 heterocycles. The number of amides is 3. The molecule has 0 aromatic heterocycles. The zero-order valence-corrected chi connectivity index (χ0v) is 18.3. The SMILES string of the molecule is O=C(CN1C(=O)c2ccccc2C1=O)NC(=S)NC1CCCCCCCCCCC1. The van der Waals surface area contributed by atoms with Crippen molar-refractivity contribution in [1.29, 1.82) is 0 Å². The quantitative estimate of drug-likeness (QED) is 0.562. The molecule has 0 spiro atoms. The third-order valence-electron chi connectivity index (χ3n) is 5.87. The van der Waals surface area contributed by atoms with Crippen molar-refractivity contribution in [3.05, 3.63) is 35.4 Å². The van der Waals surface area contributed by atoms with Crippen LogP contribution >= 0.6 is 12.2 Å². The van der Waals surface area contributed by atoms with Crippen LogP contribution in [0.1, 0.15) is 91.3 Å². The molecule has 1 aromatic rings. The number of imide groups is 1. The molecule has 0 radical (unpaired) electrons. The molecule has 1 saturated carbocycles. The molecule has 2 N–H and O–H groups in total. The highest BCUT2D eigenvalue weighted by Gasteiger charge is 2.36. The molecule has 3 amide bonds. The average molecular weight is 430 g/mol. The Morgan fingerprint density at radius 2 is 1.33 bits per heavy atom. The number of benzene rings is 1. The lowest BCUT2D eigenvalue weighted by Gasteiger charge is -2.22. The molecule has 1 aliphatic carbocycles. The van der Waals surface area contributed by atoms with Gasteiger partial charge in [0.1, 0.15) is 6.54 Å². The highest BCUT2D eigenvalue weighted by molar-refractivity contribution is 7.80. The van der Waals surface area contributed by atoms with Crippen LogP contribution in [0.4, 0.5) is 0 Å². The zero-order valence-electron chi connectivity index (χ0n) is 17.5. The molecule has 3 rings (SSSR count). The summed E-state index contributed by atoms with van der Waals surface area (Å²) in [7, 11) is 0. The van der Waals surface area contributed by atoms with Gasteiger partial charge < -0.3 is 10.6 Å². The molecule has 30 heavy (non-hydrogen) atoms. The van der Waals surface area contributed by atoms with Crippen LogP contribution in [0.3, 0.4) is 0 Å². The lowest BCUT2D eigenvalue weighted by Crippen LogP contribution is -2.48. The van der Waals surface area contributed by atoms with Gasteiger partial charge in [-0.2, -0.15) is 0 Å². The van der Waals surface area contributed by atoms with E-state index in [1.165, 1.54) is 44.9 Å². The fourth-order valence-corrected chi connectivity index (χ4v) is 4.50. The Morgan fingerprint density at radius 3 is 1.83 bits per heavy atom. The monoisotopic (exact) mass is 429 g/mol. The van der Waals surface area contributed by atoms with E-state index in [9.17, 15) is 14.4 Å². The number of carbonyl (C=O) groups is 3. The third kappa shape index (κ3) is 6.11. The Balaban J connectivity index is 1.48. The van der Waals surface area contributed by atoms with Crippen molar-refractivity contribution >= 4 is 35.1 Å². The summed E-state index contributed by atoms with van der Waals surface area (Å²) in [4.78, 5) is 38.2. The Morgan fingerprint density at radius 1 is 0.867 bits per heavy atom. The van der Waals surface area contributed by atoms with E-state index in [1.54, 1.807) is 24.3 Å². The average Bonchev–Trinajstić information content (AvgIpc) is 2.95. The zero-order chi connectivity index (χ0) is 21.3. The van der Waals surface area contributed by atoms with E-state index < -0.39 is 17.7 Å². The molecule has 1 fully saturated rings. The van der Waals surface area contributed by atoms with E-state index in [1.807, 2.05) is 0 Å². The maximum Gasteiger partial charge on any atom is 0.262 e. The second-order valence-electron chi connectivity index (χ2n) is 8.22. The molecule has 1 aromatic carbocycles. The van der Waals surface area contributed by atoms with Gasteiger partial charge in [0.15, 0.2) is 5.11 Å². The van der Waals surface area contributed by atoms with Crippen molar-refractivity contribution in [3.8, 4) is 0 Å². The molecular formula is C23H31N3O3S. The summed E-state index contributed by atoms with van der Waals surface area (Å²) in [5.41, 5.74) is 0.674. The van der Waals surface area contributed by atoms with E-state index in [2.05, 4.69) is 10.6 Å². The lowest BCUT2D eigenvalue weighted by molar-refractivity contribution is -0.120. The molecule has 162 valence electrons. The molecule has 0 unspecified atom stereocenters. The molecular weight excluding hydrogens is 398 g/mol. The summed E-state index contributed by atoms with van der Waals surface area (Å²) in [5.74, 6) is -1.34. The number of carbonyl (C=O) groups excluding carboxylic acids is 3. The largest absolute Gasteiger partial charge is 0.360 e. The number of fused-ring (bicyclic) bond motifs is 1. The molecule has 0 saturated heterocycles. The highest BCUT2D eigenvalue weighted by atomic mass is 32.1. The number of hydrogen-bond donors (Lipinski definition) is 2. The molecule has 0 atom stereocenters. The van der Waals surface area contributed by atoms with Crippen LogP contribution in [0.2, 0.25) is 0 Å². The number of thiocarbonyl (C=S) groups is 1. The summed E-state index contributed by atoms with van der Waals surface area (Å²) in [6, 6.07) is 6.86. The van der Waals surface area contributed by atoms with Gasteiger partial charge in [-0.25, -0.2) is 0 Å². The third-order valence-corrected chi connectivity index (χ3v) is 6.09. The van der Waals surface area contributed by atoms with Gasteiger partial charge >= 0.3 is 0 Å². The second-order valence-corrected chi connectivity index (χ2v) is 8.63. The van der Waals surface area contributed by atoms with Crippen molar-refractivity contribution in [1.82, 2.24) is 15.5 Å². The van der Waals surface area contributed by atoms with Gasteiger partial charge in [0.2, 0.25) is 5.91 Å². The van der Waals surface area contributed by atoms with Crippen LogP contribution in [0.15, 0.2) is 24.3 Å². The van der Waals surface area contributed by atoms with Gasteiger partial charge in [-0.15, -0.1) is 0 Å². The first kappa shape index (κ1) is 22.4. The fraction of sp³-hybridized carbons (Fsp3) is 0.565. The van der Waals surface area contributed by atoms with Crippen molar-refractivity contribution in [2.75, 3.05) is 6.54 Å². The fourth-order valence-electron chi connectivity index (χ4n) is 4.22. The summed E-state index contributed by atoms with van der Waals surface area (Å²) in [6.45, 7) is -0.334. The van der Waals surface area contributed by atoms with Crippen molar-refractivity contribution in [2.45, 2.75) is 76.7 Å². The molecule has 7 heteroatoms. The number of nitrogens with one attached hydrogen (secondary N) is 2. The molecule has 1 aliphatic heterocycles. The minimum atomic E-state index is -0.463. The Bertz CT molecular complexity index is 749. The van der Waals surface area contributed by atoms with E-state index in [0.717, 1.165) is 30.6 Å². The lowest BCUT2D eigenvalue weighted by atomic mass is 9.98. The van der Waals surface area contributed by atoms with Gasteiger partial charge in [0.25, 0.3) is 11.8 Å². The number of nitrogens with zero attached hydrogens (tertiary/aromatic N) is 1. The predicted octanol–water partition coefficient (Wildman–Crippen LogP) is 3.95. The molecule has 2 aliphatic rings. The first-order chi connectivity index (χ1) is 14.6. The standard InChI is InChI=1S/C23H31N3O3S/c27-20(16-26-21(28)18-14-10-11-15-19(18)22(26)29)25-23(30)24-17-12-8-6-4-2-1-3-5-7-9-13-17/h10-11,14-15,17H,1-9,12-13,16H2,(H2,24,25,27,30). The predicted molar refractivity (Wildman–Crippen MR) is 120 cm³/mol. The first-order valence-electron chi connectivity index (χ1n) is 11.1. The van der Waals surface area contributed by atoms with Crippen LogP contribution in [0.5, 0.6) is 0 Å². The number of rotatable bonds is 3. The van der Waals surface area contributed by atoms with E-state index in [0.29, 0.717) is 11.1 Å². The number of hydrogen-bond acceptors (Lipinski definition) is 4. The van der Waals surface area contributed by atoms with E-state index >= 15 is 0 Å². The van der Waals surface area contributed by atoms with Gasteiger partial charge in [0, 0.05) is 6.04 Å².